The van der Waals surface area contributed by atoms with E-state index in [1.54, 1.807) is 13.0 Å². The molecule has 2 aromatic rings. The van der Waals surface area contributed by atoms with Crippen LogP contribution in [0.15, 0.2) is 47.4 Å². The minimum absolute atomic E-state index is 0.109. The highest BCUT2D eigenvalue weighted by molar-refractivity contribution is 7.89. The number of carbonyl (C=O) groups is 2. The highest BCUT2D eigenvalue weighted by atomic mass is 32.2. The van der Waals surface area contributed by atoms with Gasteiger partial charge >= 0.3 is 5.97 Å². The van der Waals surface area contributed by atoms with Crippen LogP contribution in [-0.2, 0) is 19.6 Å². The largest absolute Gasteiger partial charge is 0.452 e. The minimum Gasteiger partial charge on any atom is -0.452 e. The third-order valence-electron chi connectivity index (χ3n) is 5.26. The number of hydrogen-bond donors (Lipinski definition) is 1. The quantitative estimate of drug-likeness (QED) is 0.684. The number of aryl methyl sites for hydroxylation is 1. The van der Waals surface area contributed by atoms with Crippen molar-refractivity contribution in [2.75, 3.05) is 25.0 Å². The molecule has 1 amide bonds. The molecule has 0 bridgehead atoms. The third kappa shape index (κ3) is 5.68. The second-order valence-corrected chi connectivity index (χ2v) is 9.64. The maximum absolute atomic E-state index is 13.5. The van der Waals surface area contributed by atoms with Crippen molar-refractivity contribution in [3.8, 4) is 0 Å². The number of nitrogens with zero attached hydrogens (tertiary/aromatic N) is 1. The van der Waals surface area contributed by atoms with E-state index >= 15 is 0 Å². The van der Waals surface area contributed by atoms with E-state index in [1.165, 1.54) is 40.7 Å². The highest BCUT2D eigenvalue weighted by Crippen LogP contribution is 2.23. The number of piperidine rings is 1. The molecule has 7 nitrogen and oxygen atoms in total. The molecule has 0 radical (unpaired) electrons. The number of rotatable bonds is 6. The number of sulfonamides is 1. The molecule has 9 heteroatoms. The average molecular weight is 449 g/mol. The fraction of sp³-hybridized carbons (Fsp3) is 0.364. The SMILES string of the molecule is Cc1ccc(NC(=O)COC(=O)c2ccc(S(=O)(=O)N3CCC(C)CC3)cc2)cc1F. The first-order valence-corrected chi connectivity index (χ1v) is 11.4. The van der Waals surface area contributed by atoms with Crippen LogP contribution in [0.25, 0.3) is 0 Å². The molecule has 1 N–H and O–H groups in total. The number of esters is 1. The average Bonchev–Trinajstić information content (AvgIpc) is 2.75. The summed E-state index contributed by atoms with van der Waals surface area (Å²) in [6.07, 6.45) is 1.64. The van der Waals surface area contributed by atoms with E-state index in [-0.39, 0.29) is 16.1 Å². The van der Waals surface area contributed by atoms with E-state index in [9.17, 15) is 22.4 Å². The van der Waals surface area contributed by atoms with Crippen LogP contribution in [0.3, 0.4) is 0 Å². The molecule has 0 aliphatic carbocycles. The van der Waals surface area contributed by atoms with Gasteiger partial charge in [0.15, 0.2) is 6.61 Å². The first kappa shape index (κ1) is 22.9. The van der Waals surface area contributed by atoms with Crippen LogP contribution in [0.4, 0.5) is 10.1 Å². The lowest BCUT2D eigenvalue weighted by Gasteiger charge is -2.29. The summed E-state index contributed by atoms with van der Waals surface area (Å²) in [6, 6.07) is 9.68. The topological polar surface area (TPSA) is 92.8 Å². The molecule has 0 atom stereocenters. The minimum atomic E-state index is -3.61. The maximum Gasteiger partial charge on any atom is 0.338 e. The summed E-state index contributed by atoms with van der Waals surface area (Å²) in [5.74, 6) is -1.33. The van der Waals surface area contributed by atoms with Crippen molar-refractivity contribution in [2.24, 2.45) is 5.92 Å². The maximum atomic E-state index is 13.5. The van der Waals surface area contributed by atoms with Crippen molar-refractivity contribution in [1.29, 1.82) is 0 Å². The molecule has 166 valence electrons. The molecule has 0 spiro atoms. The van der Waals surface area contributed by atoms with E-state index in [2.05, 4.69) is 12.2 Å². The lowest BCUT2D eigenvalue weighted by molar-refractivity contribution is -0.119. The second-order valence-electron chi connectivity index (χ2n) is 7.70. The Balaban J connectivity index is 1.56. The molecule has 3 rings (SSSR count). The Bertz CT molecular complexity index is 1060. The van der Waals surface area contributed by atoms with E-state index in [1.807, 2.05) is 0 Å². The van der Waals surface area contributed by atoms with Crippen LogP contribution in [0.5, 0.6) is 0 Å². The Morgan fingerprint density at radius 3 is 2.39 bits per heavy atom. The van der Waals surface area contributed by atoms with Gasteiger partial charge in [0, 0.05) is 18.8 Å². The molecule has 0 unspecified atom stereocenters. The molecule has 1 fully saturated rings. The van der Waals surface area contributed by atoms with Gasteiger partial charge in [-0.25, -0.2) is 17.6 Å². The number of amides is 1. The molecule has 0 saturated carbocycles. The monoisotopic (exact) mass is 448 g/mol. The molecule has 31 heavy (non-hydrogen) atoms. The highest BCUT2D eigenvalue weighted by Gasteiger charge is 2.28. The molecule has 1 saturated heterocycles. The van der Waals surface area contributed by atoms with Crippen LogP contribution >= 0.6 is 0 Å². The van der Waals surface area contributed by atoms with E-state index in [4.69, 9.17) is 4.74 Å². The number of benzene rings is 2. The predicted molar refractivity (Wildman–Crippen MR) is 114 cm³/mol. The fourth-order valence-corrected chi connectivity index (χ4v) is 4.69. The van der Waals surface area contributed by atoms with Gasteiger partial charge in [-0.05, 0) is 67.6 Å². The van der Waals surface area contributed by atoms with Crippen molar-refractivity contribution in [2.45, 2.75) is 31.6 Å². The van der Waals surface area contributed by atoms with Gasteiger partial charge in [0.05, 0.1) is 10.5 Å². The van der Waals surface area contributed by atoms with Gasteiger partial charge in [-0.3, -0.25) is 4.79 Å². The molecule has 2 aromatic carbocycles. The normalized spacial score (nSPS) is 15.5. The van der Waals surface area contributed by atoms with Crippen molar-refractivity contribution in [3.05, 3.63) is 59.4 Å². The van der Waals surface area contributed by atoms with Crippen LogP contribution < -0.4 is 5.32 Å². The Morgan fingerprint density at radius 2 is 1.77 bits per heavy atom. The fourth-order valence-electron chi connectivity index (χ4n) is 3.22. The van der Waals surface area contributed by atoms with E-state index in [0.29, 0.717) is 24.6 Å². The third-order valence-corrected chi connectivity index (χ3v) is 7.17. The number of hydrogen-bond acceptors (Lipinski definition) is 5. The van der Waals surface area contributed by atoms with Crippen LogP contribution in [-0.4, -0.2) is 44.3 Å². The Morgan fingerprint density at radius 1 is 1.13 bits per heavy atom. The van der Waals surface area contributed by atoms with Crippen molar-refractivity contribution in [1.82, 2.24) is 4.31 Å². The standard InChI is InChI=1S/C22H25FN2O5S/c1-15-9-11-25(12-10-15)31(28,29)19-7-4-17(5-8-19)22(27)30-14-21(26)24-18-6-3-16(2)20(23)13-18/h3-8,13,15H,9-12,14H2,1-2H3,(H,24,26). The zero-order chi connectivity index (χ0) is 22.6. The smallest absolute Gasteiger partial charge is 0.338 e. The Hall–Kier alpha value is -2.78. The summed E-state index contributed by atoms with van der Waals surface area (Å²) in [7, 11) is -3.61. The summed E-state index contributed by atoms with van der Waals surface area (Å²) in [4.78, 5) is 24.2. The molecule has 0 aromatic heterocycles. The zero-order valence-electron chi connectivity index (χ0n) is 17.4. The van der Waals surface area contributed by atoms with Crippen molar-refractivity contribution >= 4 is 27.6 Å². The summed E-state index contributed by atoms with van der Waals surface area (Å²) < 4.78 is 45.4. The zero-order valence-corrected chi connectivity index (χ0v) is 18.2. The van der Waals surface area contributed by atoms with Gasteiger partial charge in [-0.15, -0.1) is 0 Å². The first-order valence-electron chi connectivity index (χ1n) is 10.00. The van der Waals surface area contributed by atoms with Gasteiger partial charge in [0.1, 0.15) is 5.82 Å². The Labute approximate surface area is 181 Å². The Kier molecular flexibility index (Phi) is 7.07. The van der Waals surface area contributed by atoms with Gasteiger partial charge in [-0.2, -0.15) is 4.31 Å². The van der Waals surface area contributed by atoms with Gasteiger partial charge in [-0.1, -0.05) is 13.0 Å². The second kappa shape index (κ2) is 9.57. The number of ether oxygens (including phenoxy) is 1. The molecular weight excluding hydrogens is 423 g/mol. The summed E-state index contributed by atoms with van der Waals surface area (Å²) in [5, 5.41) is 2.44. The van der Waals surface area contributed by atoms with E-state index < -0.39 is 34.3 Å². The van der Waals surface area contributed by atoms with Crippen LogP contribution in [0.1, 0.15) is 35.7 Å². The summed E-state index contributed by atoms with van der Waals surface area (Å²) in [5.41, 5.74) is 0.830. The molecule has 1 aliphatic heterocycles. The lowest BCUT2D eigenvalue weighted by atomic mass is 10.0. The molecular formula is C22H25FN2O5S. The number of nitrogens with one attached hydrogen (secondary N) is 1. The van der Waals surface area contributed by atoms with Gasteiger partial charge in [0.2, 0.25) is 10.0 Å². The molecule has 1 aliphatic rings. The lowest BCUT2D eigenvalue weighted by Crippen LogP contribution is -2.37. The van der Waals surface area contributed by atoms with Crippen LogP contribution in [0.2, 0.25) is 0 Å². The number of carbonyl (C=O) groups excluding carboxylic acids is 2. The van der Waals surface area contributed by atoms with E-state index in [0.717, 1.165) is 12.8 Å². The number of halogens is 1. The van der Waals surface area contributed by atoms with Crippen LogP contribution in [0, 0.1) is 18.7 Å². The van der Waals surface area contributed by atoms with Crippen molar-refractivity contribution < 1.29 is 27.1 Å². The van der Waals surface area contributed by atoms with Gasteiger partial charge in [0.25, 0.3) is 5.91 Å². The summed E-state index contributed by atoms with van der Waals surface area (Å²) >= 11 is 0. The van der Waals surface area contributed by atoms with Crippen molar-refractivity contribution in [3.63, 3.8) is 0 Å². The predicted octanol–water partition coefficient (Wildman–Crippen LogP) is 3.35. The van der Waals surface area contributed by atoms with Gasteiger partial charge < -0.3 is 10.1 Å². The first-order chi connectivity index (χ1) is 14.7. The summed E-state index contributed by atoms with van der Waals surface area (Å²) in [6.45, 7) is 4.11. The molecule has 1 heterocycles. The number of anilines is 1.